The SMILES string of the molecule is CC1CCC(NC2(CN)CSCCC2(C)C)C1. The predicted molar refractivity (Wildman–Crippen MR) is 77.4 cm³/mol. The number of hydrogen-bond donors (Lipinski definition) is 2. The first-order valence-electron chi connectivity index (χ1n) is 7.05. The van der Waals surface area contributed by atoms with Crippen LogP contribution in [0.5, 0.6) is 0 Å². The summed E-state index contributed by atoms with van der Waals surface area (Å²) in [6.45, 7) is 7.94. The molecule has 1 saturated heterocycles. The van der Waals surface area contributed by atoms with Crippen molar-refractivity contribution in [2.45, 2.75) is 58.0 Å². The Hall–Kier alpha value is 0.270. The molecule has 3 unspecified atom stereocenters. The molecule has 2 fully saturated rings. The van der Waals surface area contributed by atoms with Gasteiger partial charge in [0.25, 0.3) is 0 Å². The Balaban J connectivity index is 2.07. The third-order valence-corrected chi connectivity index (χ3v) is 6.23. The van der Waals surface area contributed by atoms with Crippen LogP contribution in [0.1, 0.15) is 46.5 Å². The topological polar surface area (TPSA) is 38.0 Å². The first kappa shape index (κ1) is 13.7. The third kappa shape index (κ3) is 2.66. The van der Waals surface area contributed by atoms with Gasteiger partial charge < -0.3 is 11.1 Å². The summed E-state index contributed by atoms with van der Waals surface area (Å²) < 4.78 is 0. The molecule has 0 bridgehead atoms. The fraction of sp³-hybridized carbons (Fsp3) is 1.00. The molecular weight excluding hydrogens is 228 g/mol. The summed E-state index contributed by atoms with van der Waals surface area (Å²) in [7, 11) is 0. The van der Waals surface area contributed by atoms with Crippen molar-refractivity contribution in [3.8, 4) is 0 Å². The van der Waals surface area contributed by atoms with Crippen molar-refractivity contribution in [2.75, 3.05) is 18.1 Å². The lowest BCUT2D eigenvalue weighted by Gasteiger charge is -2.51. The van der Waals surface area contributed by atoms with Gasteiger partial charge in [-0.15, -0.1) is 0 Å². The lowest BCUT2D eigenvalue weighted by atomic mass is 9.70. The molecule has 100 valence electrons. The van der Waals surface area contributed by atoms with E-state index in [4.69, 9.17) is 5.73 Å². The van der Waals surface area contributed by atoms with Crippen LogP contribution in [-0.2, 0) is 0 Å². The highest BCUT2D eigenvalue weighted by Crippen LogP contribution is 2.43. The van der Waals surface area contributed by atoms with Crippen LogP contribution < -0.4 is 11.1 Å². The van der Waals surface area contributed by atoms with E-state index in [9.17, 15) is 0 Å². The minimum atomic E-state index is 0.157. The molecule has 3 N–H and O–H groups in total. The van der Waals surface area contributed by atoms with Gasteiger partial charge >= 0.3 is 0 Å². The van der Waals surface area contributed by atoms with Gasteiger partial charge in [0.15, 0.2) is 0 Å². The number of thioether (sulfide) groups is 1. The van der Waals surface area contributed by atoms with E-state index in [1.54, 1.807) is 0 Å². The number of nitrogens with two attached hydrogens (primary N) is 1. The summed E-state index contributed by atoms with van der Waals surface area (Å²) in [6.07, 6.45) is 5.34. The molecule has 2 rings (SSSR count). The molecule has 3 atom stereocenters. The minimum Gasteiger partial charge on any atom is -0.329 e. The second-order valence-corrected chi connectivity index (χ2v) is 7.84. The Labute approximate surface area is 110 Å². The molecule has 0 radical (unpaired) electrons. The zero-order chi connectivity index (χ0) is 12.5. The molecule has 0 aromatic carbocycles. The molecule has 1 aliphatic heterocycles. The van der Waals surface area contributed by atoms with Crippen LogP contribution in [0.3, 0.4) is 0 Å². The monoisotopic (exact) mass is 256 g/mol. The van der Waals surface area contributed by atoms with E-state index >= 15 is 0 Å². The Bertz CT molecular complexity index is 267. The third-order valence-electron chi connectivity index (χ3n) is 5.04. The fourth-order valence-electron chi connectivity index (χ4n) is 3.37. The normalized spacial score (nSPS) is 41.6. The highest BCUT2D eigenvalue weighted by Gasteiger charge is 2.47. The molecule has 1 aliphatic carbocycles. The van der Waals surface area contributed by atoms with Gasteiger partial charge in [-0.2, -0.15) is 11.8 Å². The summed E-state index contributed by atoms with van der Waals surface area (Å²) in [5.41, 5.74) is 6.64. The minimum absolute atomic E-state index is 0.157. The van der Waals surface area contributed by atoms with Gasteiger partial charge in [0.05, 0.1) is 0 Å². The van der Waals surface area contributed by atoms with Crippen molar-refractivity contribution < 1.29 is 0 Å². The molecular formula is C14H28N2S. The van der Waals surface area contributed by atoms with Crippen LogP contribution in [0.2, 0.25) is 0 Å². The van der Waals surface area contributed by atoms with Gasteiger partial charge in [0, 0.05) is 23.9 Å². The highest BCUT2D eigenvalue weighted by molar-refractivity contribution is 7.99. The molecule has 17 heavy (non-hydrogen) atoms. The first-order valence-corrected chi connectivity index (χ1v) is 8.20. The van der Waals surface area contributed by atoms with Crippen molar-refractivity contribution in [2.24, 2.45) is 17.1 Å². The van der Waals surface area contributed by atoms with E-state index in [2.05, 4.69) is 37.8 Å². The average molecular weight is 256 g/mol. The maximum atomic E-state index is 6.15. The van der Waals surface area contributed by atoms with E-state index in [1.165, 1.54) is 37.2 Å². The van der Waals surface area contributed by atoms with Crippen LogP contribution in [0.4, 0.5) is 0 Å². The molecule has 0 spiro atoms. The van der Waals surface area contributed by atoms with Gasteiger partial charge in [-0.1, -0.05) is 20.8 Å². The molecule has 2 aliphatic rings. The van der Waals surface area contributed by atoms with Crippen molar-refractivity contribution in [1.29, 1.82) is 0 Å². The van der Waals surface area contributed by atoms with Crippen LogP contribution >= 0.6 is 11.8 Å². The Morgan fingerprint density at radius 2 is 2.12 bits per heavy atom. The van der Waals surface area contributed by atoms with Gasteiger partial charge in [-0.25, -0.2) is 0 Å². The number of rotatable bonds is 3. The fourth-order valence-corrected chi connectivity index (χ4v) is 5.11. The van der Waals surface area contributed by atoms with Crippen molar-refractivity contribution >= 4 is 11.8 Å². The number of hydrogen-bond acceptors (Lipinski definition) is 3. The predicted octanol–water partition coefficient (Wildman–Crippen LogP) is 2.63. The largest absolute Gasteiger partial charge is 0.329 e. The Morgan fingerprint density at radius 3 is 2.65 bits per heavy atom. The zero-order valence-electron chi connectivity index (χ0n) is 11.6. The van der Waals surface area contributed by atoms with E-state index in [0.717, 1.165) is 12.5 Å². The maximum Gasteiger partial charge on any atom is 0.0449 e. The molecule has 0 aromatic rings. The van der Waals surface area contributed by atoms with Crippen LogP contribution in [0.15, 0.2) is 0 Å². The summed E-state index contributed by atoms with van der Waals surface area (Å²) in [4.78, 5) is 0. The molecule has 1 saturated carbocycles. The summed E-state index contributed by atoms with van der Waals surface area (Å²) >= 11 is 2.07. The van der Waals surface area contributed by atoms with Gasteiger partial charge in [0.1, 0.15) is 0 Å². The lowest BCUT2D eigenvalue weighted by molar-refractivity contribution is 0.121. The smallest absolute Gasteiger partial charge is 0.0449 e. The molecule has 2 nitrogen and oxygen atoms in total. The Kier molecular flexibility index (Phi) is 4.11. The van der Waals surface area contributed by atoms with E-state index < -0.39 is 0 Å². The van der Waals surface area contributed by atoms with Gasteiger partial charge in [-0.05, 0) is 42.8 Å². The molecule has 0 aromatic heterocycles. The van der Waals surface area contributed by atoms with Crippen molar-refractivity contribution in [3.63, 3.8) is 0 Å². The molecule has 0 amide bonds. The quantitative estimate of drug-likeness (QED) is 0.815. The molecule has 1 heterocycles. The maximum absolute atomic E-state index is 6.15. The van der Waals surface area contributed by atoms with E-state index in [-0.39, 0.29) is 5.54 Å². The summed E-state index contributed by atoms with van der Waals surface area (Å²) in [6, 6.07) is 0.700. The average Bonchev–Trinajstić information content (AvgIpc) is 2.67. The lowest BCUT2D eigenvalue weighted by Crippen LogP contribution is -2.66. The highest BCUT2D eigenvalue weighted by atomic mass is 32.2. The molecule has 3 heteroatoms. The standard InChI is InChI=1S/C14H28N2S/c1-11-4-5-12(8-11)16-14(9-15)10-17-7-6-13(14,2)3/h11-12,16H,4-10,15H2,1-3H3. The van der Waals surface area contributed by atoms with Gasteiger partial charge in [-0.3, -0.25) is 0 Å². The second-order valence-electron chi connectivity index (χ2n) is 6.73. The summed E-state index contributed by atoms with van der Waals surface area (Å²) in [5.74, 6) is 3.36. The second kappa shape index (κ2) is 5.10. The summed E-state index contributed by atoms with van der Waals surface area (Å²) in [5, 5.41) is 3.96. The van der Waals surface area contributed by atoms with Crippen LogP contribution in [-0.4, -0.2) is 29.6 Å². The van der Waals surface area contributed by atoms with Crippen molar-refractivity contribution in [3.05, 3.63) is 0 Å². The van der Waals surface area contributed by atoms with E-state index in [0.29, 0.717) is 11.5 Å². The van der Waals surface area contributed by atoms with Crippen LogP contribution in [0.25, 0.3) is 0 Å². The number of nitrogens with one attached hydrogen (secondary N) is 1. The van der Waals surface area contributed by atoms with Crippen molar-refractivity contribution in [1.82, 2.24) is 5.32 Å². The zero-order valence-corrected chi connectivity index (χ0v) is 12.4. The van der Waals surface area contributed by atoms with Gasteiger partial charge in [0.2, 0.25) is 0 Å². The van der Waals surface area contributed by atoms with Crippen LogP contribution in [0, 0.1) is 11.3 Å². The Morgan fingerprint density at radius 1 is 1.35 bits per heavy atom. The first-order chi connectivity index (χ1) is 7.99. The van der Waals surface area contributed by atoms with E-state index in [1.807, 2.05) is 0 Å².